The second kappa shape index (κ2) is 7.13. The van der Waals surface area contributed by atoms with Gasteiger partial charge in [-0.2, -0.15) is 0 Å². The van der Waals surface area contributed by atoms with Crippen LogP contribution in [0, 0.1) is 5.41 Å². The minimum atomic E-state index is 0.335. The summed E-state index contributed by atoms with van der Waals surface area (Å²) in [6, 6.07) is 0.563. The summed E-state index contributed by atoms with van der Waals surface area (Å²) in [5.74, 6) is 0.358. The van der Waals surface area contributed by atoms with E-state index in [0.29, 0.717) is 17.4 Å². The van der Waals surface area contributed by atoms with Gasteiger partial charge in [-0.05, 0) is 44.6 Å². The summed E-state index contributed by atoms with van der Waals surface area (Å²) >= 11 is 0. The van der Waals surface area contributed by atoms with Gasteiger partial charge >= 0.3 is 0 Å². The molecule has 3 heteroatoms. The molecule has 1 aliphatic heterocycles. The molecular weight excluding hydrogens is 224 g/mol. The molecule has 1 N–H and O–H groups in total. The van der Waals surface area contributed by atoms with Crippen LogP contribution in [0.25, 0.3) is 0 Å². The molecule has 1 aliphatic rings. The zero-order valence-electron chi connectivity index (χ0n) is 12.6. The van der Waals surface area contributed by atoms with Gasteiger partial charge in [-0.25, -0.2) is 0 Å². The highest BCUT2D eigenvalue weighted by molar-refractivity contribution is 5.76. The van der Waals surface area contributed by atoms with Crippen LogP contribution in [-0.2, 0) is 4.79 Å². The highest BCUT2D eigenvalue weighted by atomic mass is 16.2. The van der Waals surface area contributed by atoms with Gasteiger partial charge in [0.05, 0.1) is 0 Å². The molecule has 1 amide bonds. The van der Waals surface area contributed by atoms with E-state index < -0.39 is 0 Å². The largest absolute Gasteiger partial charge is 0.343 e. The predicted octanol–water partition coefficient (Wildman–Crippen LogP) is 2.80. The summed E-state index contributed by atoms with van der Waals surface area (Å²) in [6.07, 6.45) is 5.18. The zero-order chi connectivity index (χ0) is 13.6. The molecule has 0 spiro atoms. The van der Waals surface area contributed by atoms with E-state index >= 15 is 0 Å². The summed E-state index contributed by atoms with van der Waals surface area (Å²) in [4.78, 5) is 14.1. The summed E-state index contributed by atoms with van der Waals surface area (Å²) in [5.41, 5.74) is 0.335. The van der Waals surface area contributed by atoms with Crippen molar-refractivity contribution < 1.29 is 4.79 Å². The number of nitrogens with zero attached hydrogens (tertiary/aromatic N) is 1. The van der Waals surface area contributed by atoms with Crippen LogP contribution >= 0.6 is 0 Å². The second-order valence-electron chi connectivity index (χ2n) is 6.40. The summed E-state index contributed by atoms with van der Waals surface area (Å²) < 4.78 is 0. The van der Waals surface area contributed by atoms with Crippen LogP contribution in [0.3, 0.4) is 0 Å². The maximum absolute atomic E-state index is 12.0. The van der Waals surface area contributed by atoms with Crippen molar-refractivity contribution in [3.63, 3.8) is 0 Å². The number of hydrogen-bond donors (Lipinski definition) is 1. The molecule has 18 heavy (non-hydrogen) atoms. The predicted molar refractivity (Wildman–Crippen MR) is 76.6 cm³/mol. The molecule has 1 heterocycles. The van der Waals surface area contributed by atoms with Crippen molar-refractivity contribution >= 4 is 5.91 Å². The Hall–Kier alpha value is -0.570. The molecule has 1 fully saturated rings. The van der Waals surface area contributed by atoms with Crippen LogP contribution < -0.4 is 5.32 Å². The van der Waals surface area contributed by atoms with E-state index in [9.17, 15) is 4.79 Å². The average Bonchev–Trinajstić information content (AvgIpc) is 2.42. The zero-order valence-corrected chi connectivity index (χ0v) is 12.6. The quantitative estimate of drug-likeness (QED) is 0.790. The summed E-state index contributed by atoms with van der Waals surface area (Å²) in [5, 5.41) is 3.42. The average molecular weight is 254 g/mol. The van der Waals surface area contributed by atoms with Gasteiger partial charge < -0.3 is 10.2 Å². The number of rotatable bonds is 6. The van der Waals surface area contributed by atoms with E-state index in [2.05, 4.69) is 37.9 Å². The van der Waals surface area contributed by atoms with Gasteiger partial charge in [0, 0.05) is 25.6 Å². The van der Waals surface area contributed by atoms with E-state index in [-0.39, 0.29) is 0 Å². The third-order valence-corrected chi connectivity index (χ3v) is 4.04. The molecule has 0 bridgehead atoms. The number of carbonyl (C=O) groups is 1. The fourth-order valence-corrected chi connectivity index (χ4v) is 2.57. The van der Waals surface area contributed by atoms with Crippen LogP contribution in [0.4, 0.5) is 0 Å². The lowest BCUT2D eigenvalue weighted by Crippen LogP contribution is -2.33. The molecule has 0 aromatic rings. The van der Waals surface area contributed by atoms with Crippen molar-refractivity contribution in [1.29, 1.82) is 0 Å². The molecule has 1 atom stereocenters. The Morgan fingerprint density at radius 3 is 2.78 bits per heavy atom. The molecule has 0 saturated carbocycles. The van der Waals surface area contributed by atoms with E-state index in [1.54, 1.807) is 0 Å². The van der Waals surface area contributed by atoms with Crippen molar-refractivity contribution in [2.45, 2.75) is 65.8 Å². The standard InChI is InChI=1S/C15H30N2O/c1-5-16-13(2)7-6-11-17-12-10-15(3,4)9-8-14(17)18/h13,16H,5-12H2,1-4H3. The topological polar surface area (TPSA) is 32.3 Å². The van der Waals surface area contributed by atoms with Gasteiger partial charge in [0.1, 0.15) is 0 Å². The van der Waals surface area contributed by atoms with E-state index in [1.165, 1.54) is 0 Å². The van der Waals surface area contributed by atoms with E-state index in [4.69, 9.17) is 0 Å². The third-order valence-electron chi connectivity index (χ3n) is 4.04. The lowest BCUT2D eigenvalue weighted by Gasteiger charge is -2.24. The molecule has 106 valence electrons. The number of carbonyl (C=O) groups excluding carboxylic acids is 1. The van der Waals surface area contributed by atoms with Crippen LogP contribution in [0.1, 0.15) is 59.8 Å². The first-order valence-corrected chi connectivity index (χ1v) is 7.46. The first kappa shape index (κ1) is 15.5. The minimum absolute atomic E-state index is 0.335. The lowest BCUT2D eigenvalue weighted by atomic mass is 9.85. The van der Waals surface area contributed by atoms with Crippen molar-refractivity contribution in [3.05, 3.63) is 0 Å². The first-order chi connectivity index (χ1) is 8.44. The Bertz CT molecular complexity index is 263. The summed E-state index contributed by atoms with van der Waals surface area (Å²) in [6.45, 7) is 11.8. The normalized spacial score (nSPS) is 21.8. The van der Waals surface area contributed by atoms with Crippen LogP contribution in [0.2, 0.25) is 0 Å². The Kier molecular flexibility index (Phi) is 6.13. The Balaban J connectivity index is 2.30. The van der Waals surface area contributed by atoms with Crippen LogP contribution in [0.5, 0.6) is 0 Å². The smallest absolute Gasteiger partial charge is 0.222 e. The van der Waals surface area contributed by atoms with Gasteiger partial charge in [0.2, 0.25) is 5.91 Å². The monoisotopic (exact) mass is 254 g/mol. The fraction of sp³-hybridized carbons (Fsp3) is 0.933. The maximum Gasteiger partial charge on any atom is 0.222 e. The Morgan fingerprint density at radius 1 is 1.39 bits per heavy atom. The molecule has 3 nitrogen and oxygen atoms in total. The molecule has 0 aromatic carbocycles. The molecule has 0 aliphatic carbocycles. The molecule has 1 rings (SSSR count). The Morgan fingerprint density at radius 2 is 2.11 bits per heavy atom. The molecule has 1 saturated heterocycles. The van der Waals surface area contributed by atoms with Crippen LogP contribution in [-0.4, -0.2) is 36.5 Å². The summed E-state index contributed by atoms with van der Waals surface area (Å²) in [7, 11) is 0. The fourth-order valence-electron chi connectivity index (χ4n) is 2.57. The van der Waals surface area contributed by atoms with Gasteiger partial charge in [0.25, 0.3) is 0 Å². The third kappa shape index (κ3) is 5.38. The lowest BCUT2D eigenvalue weighted by molar-refractivity contribution is -0.130. The number of nitrogens with one attached hydrogen (secondary N) is 1. The Labute approximate surface area is 112 Å². The number of hydrogen-bond acceptors (Lipinski definition) is 2. The van der Waals surface area contributed by atoms with Gasteiger partial charge in [-0.3, -0.25) is 4.79 Å². The van der Waals surface area contributed by atoms with Gasteiger partial charge in [-0.1, -0.05) is 20.8 Å². The molecular formula is C15H30N2O. The van der Waals surface area contributed by atoms with Crippen LogP contribution in [0.15, 0.2) is 0 Å². The second-order valence-corrected chi connectivity index (χ2v) is 6.40. The van der Waals surface area contributed by atoms with Gasteiger partial charge in [0.15, 0.2) is 0 Å². The van der Waals surface area contributed by atoms with E-state index in [0.717, 1.165) is 51.7 Å². The minimum Gasteiger partial charge on any atom is -0.343 e. The van der Waals surface area contributed by atoms with Crippen molar-refractivity contribution in [2.24, 2.45) is 5.41 Å². The number of amides is 1. The highest BCUT2D eigenvalue weighted by Crippen LogP contribution is 2.30. The van der Waals surface area contributed by atoms with Crippen molar-refractivity contribution in [3.8, 4) is 0 Å². The molecule has 1 unspecified atom stereocenters. The van der Waals surface area contributed by atoms with Gasteiger partial charge in [-0.15, -0.1) is 0 Å². The molecule has 0 aromatic heterocycles. The van der Waals surface area contributed by atoms with E-state index in [1.807, 2.05) is 0 Å². The SMILES string of the molecule is CCNC(C)CCCN1CCC(C)(C)CCC1=O. The highest BCUT2D eigenvalue weighted by Gasteiger charge is 2.26. The first-order valence-electron chi connectivity index (χ1n) is 7.46. The number of likely N-dealkylation sites (tertiary alicyclic amines) is 1. The van der Waals surface area contributed by atoms with Crippen molar-refractivity contribution in [1.82, 2.24) is 10.2 Å². The van der Waals surface area contributed by atoms with Crippen molar-refractivity contribution in [2.75, 3.05) is 19.6 Å². The molecule has 0 radical (unpaired) electrons. The maximum atomic E-state index is 12.0.